The summed E-state index contributed by atoms with van der Waals surface area (Å²) in [4.78, 5) is 2.58. The summed E-state index contributed by atoms with van der Waals surface area (Å²) in [5.74, 6) is 0. The quantitative estimate of drug-likeness (QED) is 0.838. The van der Waals surface area contributed by atoms with Gasteiger partial charge in [-0.15, -0.1) is 0 Å². The summed E-state index contributed by atoms with van der Waals surface area (Å²) in [5, 5.41) is 12.6. The summed E-state index contributed by atoms with van der Waals surface area (Å²) in [5.41, 5.74) is 0.337. The number of hydrogen-bond acceptors (Lipinski definition) is 3. The number of hydrogen-bond donors (Lipinski definition) is 1. The van der Waals surface area contributed by atoms with Crippen LogP contribution in [0, 0.1) is 16.7 Å². The lowest BCUT2D eigenvalue weighted by Crippen LogP contribution is -2.46. The van der Waals surface area contributed by atoms with E-state index >= 15 is 0 Å². The van der Waals surface area contributed by atoms with Gasteiger partial charge in [0.15, 0.2) is 0 Å². The average molecular weight is 277 g/mol. The van der Waals surface area contributed by atoms with Gasteiger partial charge in [-0.2, -0.15) is 5.26 Å². The highest BCUT2D eigenvalue weighted by Gasteiger charge is 2.35. The van der Waals surface area contributed by atoms with Crippen LogP contribution in [0.5, 0.6) is 0 Å². The van der Waals surface area contributed by atoms with E-state index in [0.717, 1.165) is 19.5 Å². The van der Waals surface area contributed by atoms with Gasteiger partial charge in [-0.25, -0.2) is 0 Å². The predicted octanol–water partition coefficient (Wildman–Crippen LogP) is 3.31. The maximum atomic E-state index is 9.31. The lowest BCUT2D eigenvalue weighted by atomic mass is 9.68. The Morgan fingerprint density at radius 1 is 1.15 bits per heavy atom. The van der Waals surface area contributed by atoms with E-state index in [-0.39, 0.29) is 5.54 Å². The minimum atomic E-state index is -0.352. The second-order valence-electron chi connectivity index (χ2n) is 7.13. The highest BCUT2D eigenvalue weighted by atomic mass is 15.1. The van der Waals surface area contributed by atoms with Crippen LogP contribution < -0.4 is 5.32 Å². The van der Waals surface area contributed by atoms with Gasteiger partial charge in [0.25, 0.3) is 0 Å². The molecule has 114 valence electrons. The normalized spacial score (nSPS) is 26.1. The monoisotopic (exact) mass is 277 g/mol. The molecule has 1 spiro atoms. The van der Waals surface area contributed by atoms with Crippen molar-refractivity contribution >= 4 is 0 Å². The summed E-state index contributed by atoms with van der Waals surface area (Å²) in [7, 11) is 0. The second-order valence-corrected chi connectivity index (χ2v) is 7.13. The maximum absolute atomic E-state index is 9.31. The molecule has 2 fully saturated rings. The van der Waals surface area contributed by atoms with Gasteiger partial charge < -0.3 is 4.90 Å². The Morgan fingerprint density at radius 2 is 1.80 bits per heavy atom. The van der Waals surface area contributed by atoms with Crippen LogP contribution in [0.15, 0.2) is 0 Å². The fourth-order valence-corrected chi connectivity index (χ4v) is 4.01. The van der Waals surface area contributed by atoms with Gasteiger partial charge in [-0.1, -0.05) is 26.2 Å². The first-order chi connectivity index (χ1) is 9.61. The van der Waals surface area contributed by atoms with Crippen LogP contribution in [-0.2, 0) is 0 Å². The van der Waals surface area contributed by atoms with Crippen molar-refractivity contribution in [3.8, 4) is 6.07 Å². The van der Waals surface area contributed by atoms with Gasteiger partial charge in [0, 0.05) is 6.54 Å². The third kappa shape index (κ3) is 3.96. The SMILES string of the molecule is CCNC(C)(C#N)CCN1CCC2(CCCCC2)CC1. The molecular formula is C17H31N3. The van der Waals surface area contributed by atoms with Crippen molar-refractivity contribution in [1.82, 2.24) is 10.2 Å². The van der Waals surface area contributed by atoms with E-state index in [9.17, 15) is 5.26 Å². The molecule has 1 saturated heterocycles. The molecule has 1 aliphatic carbocycles. The summed E-state index contributed by atoms with van der Waals surface area (Å²) in [6.07, 6.45) is 11.0. The minimum absolute atomic E-state index is 0.352. The number of nitriles is 1. The average Bonchev–Trinajstić information content (AvgIpc) is 2.48. The molecule has 1 unspecified atom stereocenters. The summed E-state index contributed by atoms with van der Waals surface area (Å²) >= 11 is 0. The topological polar surface area (TPSA) is 39.1 Å². The van der Waals surface area contributed by atoms with Crippen LogP contribution >= 0.6 is 0 Å². The zero-order valence-corrected chi connectivity index (χ0v) is 13.4. The molecule has 20 heavy (non-hydrogen) atoms. The lowest BCUT2D eigenvalue weighted by molar-refractivity contribution is 0.0647. The minimum Gasteiger partial charge on any atom is -0.303 e. The largest absolute Gasteiger partial charge is 0.303 e. The standard InChI is InChI=1S/C17H31N3/c1-3-19-16(2,15-18)9-12-20-13-10-17(11-14-20)7-5-4-6-8-17/h19H,3-14H2,1-2H3. The highest BCUT2D eigenvalue weighted by Crippen LogP contribution is 2.44. The number of rotatable bonds is 5. The Bertz CT molecular complexity index is 331. The smallest absolute Gasteiger partial charge is 0.105 e. The van der Waals surface area contributed by atoms with Crippen molar-refractivity contribution in [2.75, 3.05) is 26.2 Å². The fourth-order valence-electron chi connectivity index (χ4n) is 4.01. The van der Waals surface area contributed by atoms with Gasteiger partial charge in [0.2, 0.25) is 0 Å². The molecule has 1 aliphatic heterocycles. The molecule has 0 aromatic rings. The third-order valence-electron chi connectivity index (χ3n) is 5.57. The first kappa shape index (κ1) is 15.8. The predicted molar refractivity (Wildman–Crippen MR) is 83.5 cm³/mol. The highest BCUT2D eigenvalue weighted by molar-refractivity contribution is 5.04. The zero-order valence-electron chi connectivity index (χ0n) is 13.4. The molecule has 2 rings (SSSR count). The molecule has 3 nitrogen and oxygen atoms in total. The van der Waals surface area contributed by atoms with Crippen LogP contribution in [0.2, 0.25) is 0 Å². The van der Waals surface area contributed by atoms with Crippen molar-refractivity contribution in [3.63, 3.8) is 0 Å². The summed E-state index contributed by atoms with van der Waals surface area (Å²) in [6.45, 7) is 8.52. The van der Waals surface area contributed by atoms with Gasteiger partial charge in [0.05, 0.1) is 6.07 Å². The van der Waals surface area contributed by atoms with E-state index in [1.165, 1.54) is 58.0 Å². The number of nitrogens with zero attached hydrogens (tertiary/aromatic N) is 2. The molecule has 0 aromatic carbocycles. The van der Waals surface area contributed by atoms with E-state index in [2.05, 4.69) is 23.2 Å². The van der Waals surface area contributed by atoms with Gasteiger partial charge in [0.1, 0.15) is 5.54 Å². The van der Waals surface area contributed by atoms with Crippen molar-refractivity contribution in [3.05, 3.63) is 0 Å². The number of nitrogens with one attached hydrogen (secondary N) is 1. The van der Waals surface area contributed by atoms with E-state index < -0.39 is 0 Å². The van der Waals surface area contributed by atoms with Crippen molar-refractivity contribution in [2.45, 2.75) is 70.8 Å². The van der Waals surface area contributed by atoms with Crippen LogP contribution in [0.25, 0.3) is 0 Å². The molecule has 1 heterocycles. The molecule has 1 N–H and O–H groups in total. The number of piperidine rings is 1. The molecule has 1 saturated carbocycles. The van der Waals surface area contributed by atoms with E-state index in [0.29, 0.717) is 5.41 Å². The van der Waals surface area contributed by atoms with E-state index in [1.54, 1.807) is 0 Å². The van der Waals surface area contributed by atoms with Crippen LogP contribution in [0.1, 0.15) is 65.2 Å². The van der Waals surface area contributed by atoms with Crippen LogP contribution in [-0.4, -0.2) is 36.6 Å². The molecule has 2 aliphatic rings. The summed E-state index contributed by atoms with van der Waals surface area (Å²) < 4.78 is 0. The molecule has 0 amide bonds. The third-order valence-corrected chi connectivity index (χ3v) is 5.57. The van der Waals surface area contributed by atoms with Gasteiger partial charge in [-0.3, -0.25) is 5.32 Å². The molecule has 0 bridgehead atoms. The number of likely N-dealkylation sites (tertiary alicyclic amines) is 1. The van der Waals surface area contributed by atoms with Gasteiger partial charge >= 0.3 is 0 Å². The molecule has 1 atom stereocenters. The molecule has 3 heteroatoms. The van der Waals surface area contributed by atoms with Gasteiger partial charge in [-0.05, 0) is 64.1 Å². The fraction of sp³-hybridized carbons (Fsp3) is 0.941. The van der Waals surface area contributed by atoms with Crippen molar-refractivity contribution < 1.29 is 0 Å². The van der Waals surface area contributed by atoms with Crippen molar-refractivity contribution in [2.24, 2.45) is 5.41 Å². The molecule has 0 radical (unpaired) electrons. The zero-order chi connectivity index (χ0) is 14.5. The van der Waals surface area contributed by atoms with Crippen LogP contribution in [0.3, 0.4) is 0 Å². The van der Waals surface area contributed by atoms with E-state index in [1.807, 2.05) is 6.92 Å². The lowest BCUT2D eigenvalue weighted by Gasteiger charge is -2.44. The van der Waals surface area contributed by atoms with Crippen molar-refractivity contribution in [1.29, 1.82) is 5.26 Å². The van der Waals surface area contributed by atoms with E-state index in [4.69, 9.17) is 0 Å². The molecule has 0 aromatic heterocycles. The Kier molecular flexibility index (Phi) is 5.46. The summed E-state index contributed by atoms with van der Waals surface area (Å²) in [6, 6.07) is 2.44. The maximum Gasteiger partial charge on any atom is 0.105 e. The Labute approximate surface area is 124 Å². The van der Waals surface area contributed by atoms with Crippen LogP contribution in [0.4, 0.5) is 0 Å². The molecular weight excluding hydrogens is 246 g/mol. The Hall–Kier alpha value is -0.590. The second kappa shape index (κ2) is 6.91. The Morgan fingerprint density at radius 3 is 2.35 bits per heavy atom. The Balaban J connectivity index is 1.75. The first-order valence-corrected chi connectivity index (χ1v) is 8.50. The first-order valence-electron chi connectivity index (χ1n) is 8.50.